The van der Waals surface area contributed by atoms with Crippen LogP contribution in [0.3, 0.4) is 0 Å². The van der Waals surface area contributed by atoms with E-state index in [2.05, 4.69) is 37.9 Å². The number of rotatable bonds is 8. The van der Waals surface area contributed by atoms with Gasteiger partial charge in [0.15, 0.2) is 0 Å². The molecular weight excluding hydrogens is 330 g/mol. The van der Waals surface area contributed by atoms with Crippen LogP contribution in [0.4, 0.5) is 0 Å². The maximum Gasteiger partial charge on any atom is 0.0940 e. The second kappa shape index (κ2) is 9.19. The minimum atomic E-state index is -0.542. The fourth-order valence-electron chi connectivity index (χ4n) is 2.91. The highest BCUT2D eigenvalue weighted by Crippen LogP contribution is 2.29. The molecule has 3 heteroatoms. The molecule has 0 saturated carbocycles. The summed E-state index contributed by atoms with van der Waals surface area (Å²) in [5.41, 5.74) is 3.29. The van der Waals surface area contributed by atoms with Crippen molar-refractivity contribution in [1.29, 1.82) is 0 Å². The zero-order valence-corrected chi connectivity index (χ0v) is 16.0. The molecule has 2 rings (SSSR count). The van der Waals surface area contributed by atoms with Gasteiger partial charge in [0.1, 0.15) is 0 Å². The van der Waals surface area contributed by atoms with E-state index in [1.54, 1.807) is 0 Å². The lowest BCUT2D eigenvalue weighted by Gasteiger charge is -2.27. The quantitative estimate of drug-likeness (QED) is 0.624. The molecule has 2 N–H and O–H groups in total. The monoisotopic (exact) mass is 357 g/mol. The molecule has 0 heterocycles. The molecule has 2 aromatic carbocycles. The Morgan fingerprint density at radius 2 is 1.60 bits per heavy atom. The molecular formula is C22H28ClNO. The number of hydrogen-bond donors (Lipinski definition) is 2. The van der Waals surface area contributed by atoms with Crippen molar-refractivity contribution in [1.82, 2.24) is 5.32 Å². The van der Waals surface area contributed by atoms with Crippen LogP contribution in [0, 0.1) is 5.92 Å². The molecule has 0 spiro atoms. The third kappa shape index (κ3) is 5.43. The normalized spacial score (nSPS) is 15.0. The zero-order chi connectivity index (χ0) is 18.4. The summed E-state index contributed by atoms with van der Waals surface area (Å²) in [7, 11) is 0. The highest BCUT2D eigenvalue weighted by atomic mass is 35.5. The molecule has 2 nitrogen and oxygen atoms in total. The Hall–Kier alpha value is -1.61. The molecule has 3 atom stereocenters. The molecule has 0 saturated heterocycles. The van der Waals surface area contributed by atoms with Crippen molar-refractivity contribution in [2.45, 2.75) is 38.8 Å². The van der Waals surface area contributed by atoms with E-state index in [0.717, 1.165) is 17.1 Å². The van der Waals surface area contributed by atoms with E-state index >= 15 is 0 Å². The van der Waals surface area contributed by atoms with E-state index in [1.165, 1.54) is 11.1 Å². The van der Waals surface area contributed by atoms with Crippen LogP contribution in [0.25, 0.3) is 0 Å². The summed E-state index contributed by atoms with van der Waals surface area (Å²) in [6, 6.07) is 17.6. The number of aliphatic hydroxyl groups excluding tert-OH is 1. The summed E-state index contributed by atoms with van der Waals surface area (Å²) in [5, 5.41) is 14.8. The minimum Gasteiger partial charge on any atom is -0.387 e. The molecule has 25 heavy (non-hydrogen) atoms. The second-order valence-corrected chi connectivity index (χ2v) is 7.32. The molecule has 0 aliphatic carbocycles. The van der Waals surface area contributed by atoms with Gasteiger partial charge < -0.3 is 10.4 Å². The SMILES string of the molecule is C=C(C(C)C)C(CN[C@H](C)[C@@H](O)c1ccccc1)c1ccc(Cl)cc1. The molecule has 0 amide bonds. The molecule has 0 bridgehead atoms. The van der Waals surface area contributed by atoms with Gasteiger partial charge in [0.25, 0.3) is 0 Å². The van der Waals surface area contributed by atoms with Gasteiger partial charge in [-0.2, -0.15) is 0 Å². The van der Waals surface area contributed by atoms with Gasteiger partial charge in [-0.25, -0.2) is 0 Å². The molecule has 0 fully saturated rings. The molecule has 0 aromatic heterocycles. The first-order valence-electron chi connectivity index (χ1n) is 8.80. The second-order valence-electron chi connectivity index (χ2n) is 6.89. The van der Waals surface area contributed by atoms with Crippen LogP contribution < -0.4 is 5.32 Å². The van der Waals surface area contributed by atoms with Crippen molar-refractivity contribution in [2.75, 3.05) is 6.54 Å². The average molecular weight is 358 g/mol. The summed E-state index contributed by atoms with van der Waals surface area (Å²) in [6.07, 6.45) is -0.542. The Morgan fingerprint density at radius 3 is 2.16 bits per heavy atom. The Morgan fingerprint density at radius 1 is 1.00 bits per heavy atom. The standard InChI is InChI=1S/C22H28ClNO/c1-15(2)16(3)21(18-10-12-20(23)13-11-18)14-24-17(4)22(25)19-8-6-5-7-9-19/h5-13,15,17,21-22,24-25H,3,14H2,1-2,4H3/t17-,21?,22-/m1/s1. The predicted octanol–water partition coefficient (Wildman–Crippen LogP) is 5.35. The van der Waals surface area contributed by atoms with Gasteiger partial charge in [0, 0.05) is 23.5 Å². The third-order valence-electron chi connectivity index (χ3n) is 4.72. The third-order valence-corrected chi connectivity index (χ3v) is 4.97. The van der Waals surface area contributed by atoms with Gasteiger partial charge in [0.05, 0.1) is 6.10 Å². The molecule has 0 aliphatic rings. The van der Waals surface area contributed by atoms with E-state index < -0.39 is 6.10 Å². The molecule has 0 aliphatic heterocycles. The summed E-state index contributed by atoms with van der Waals surface area (Å²) in [5.74, 6) is 0.569. The first kappa shape index (κ1) is 19.7. The number of benzene rings is 2. The van der Waals surface area contributed by atoms with Crippen molar-refractivity contribution in [2.24, 2.45) is 5.92 Å². The summed E-state index contributed by atoms with van der Waals surface area (Å²) in [6.45, 7) is 11.4. The van der Waals surface area contributed by atoms with Gasteiger partial charge in [-0.15, -0.1) is 0 Å². The lowest BCUT2D eigenvalue weighted by molar-refractivity contribution is 0.135. The minimum absolute atomic E-state index is 0.0582. The van der Waals surface area contributed by atoms with Crippen LogP contribution in [-0.2, 0) is 0 Å². The number of aliphatic hydroxyl groups is 1. The van der Waals surface area contributed by atoms with E-state index in [9.17, 15) is 5.11 Å². The number of hydrogen-bond acceptors (Lipinski definition) is 2. The van der Waals surface area contributed by atoms with Crippen LogP contribution in [0.15, 0.2) is 66.7 Å². The lowest BCUT2D eigenvalue weighted by atomic mass is 9.85. The highest BCUT2D eigenvalue weighted by molar-refractivity contribution is 6.30. The van der Waals surface area contributed by atoms with Crippen molar-refractivity contribution in [3.8, 4) is 0 Å². The Bertz CT molecular complexity index is 666. The Balaban J connectivity index is 2.09. The van der Waals surface area contributed by atoms with E-state index in [1.807, 2.05) is 49.4 Å². The van der Waals surface area contributed by atoms with Gasteiger partial charge >= 0.3 is 0 Å². The topological polar surface area (TPSA) is 32.3 Å². The lowest BCUT2D eigenvalue weighted by Crippen LogP contribution is -2.36. The van der Waals surface area contributed by atoms with Crippen LogP contribution in [0.5, 0.6) is 0 Å². The molecule has 2 aromatic rings. The van der Waals surface area contributed by atoms with Gasteiger partial charge in [-0.3, -0.25) is 0 Å². The van der Waals surface area contributed by atoms with Crippen molar-refractivity contribution in [3.05, 3.63) is 82.9 Å². The Labute approximate surface area is 156 Å². The summed E-state index contributed by atoms with van der Waals surface area (Å²) < 4.78 is 0. The van der Waals surface area contributed by atoms with Crippen molar-refractivity contribution in [3.63, 3.8) is 0 Å². The van der Waals surface area contributed by atoms with Gasteiger partial charge in [-0.1, -0.05) is 80.1 Å². The fraction of sp³-hybridized carbons (Fsp3) is 0.364. The van der Waals surface area contributed by atoms with Crippen molar-refractivity contribution >= 4 is 11.6 Å². The fourth-order valence-corrected chi connectivity index (χ4v) is 3.04. The summed E-state index contributed by atoms with van der Waals surface area (Å²) in [4.78, 5) is 0. The van der Waals surface area contributed by atoms with Crippen LogP contribution >= 0.6 is 11.6 Å². The Kier molecular flexibility index (Phi) is 7.24. The predicted molar refractivity (Wildman–Crippen MR) is 107 cm³/mol. The highest BCUT2D eigenvalue weighted by Gasteiger charge is 2.21. The average Bonchev–Trinajstić information content (AvgIpc) is 2.62. The smallest absolute Gasteiger partial charge is 0.0940 e. The number of nitrogens with one attached hydrogen (secondary N) is 1. The maximum absolute atomic E-state index is 10.6. The van der Waals surface area contributed by atoms with Gasteiger partial charge in [-0.05, 0) is 36.1 Å². The summed E-state index contributed by atoms with van der Waals surface area (Å²) >= 11 is 6.02. The number of halogens is 1. The molecule has 1 unspecified atom stereocenters. The van der Waals surface area contributed by atoms with E-state index in [4.69, 9.17) is 11.6 Å². The zero-order valence-electron chi connectivity index (χ0n) is 15.2. The first-order chi connectivity index (χ1) is 11.9. The van der Waals surface area contributed by atoms with Gasteiger partial charge in [0.2, 0.25) is 0 Å². The molecule has 0 radical (unpaired) electrons. The van der Waals surface area contributed by atoms with E-state index in [-0.39, 0.29) is 12.0 Å². The van der Waals surface area contributed by atoms with Crippen molar-refractivity contribution < 1.29 is 5.11 Å². The maximum atomic E-state index is 10.6. The van der Waals surface area contributed by atoms with E-state index in [0.29, 0.717) is 5.92 Å². The first-order valence-corrected chi connectivity index (χ1v) is 9.18. The molecule has 134 valence electrons. The van der Waals surface area contributed by atoms with Crippen LogP contribution in [0.2, 0.25) is 5.02 Å². The largest absolute Gasteiger partial charge is 0.387 e. The van der Waals surface area contributed by atoms with Crippen LogP contribution in [-0.4, -0.2) is 17.7 Å². The van der Waals surface area contributed by atoms with Crippen LogP contribution in [0.1, 0.15) is 43.9 Å².